The Morgan fingerprint density at radius 1 is 1.27 bits per heavy atom. The molecule has 0 amide bonds. The Morgan fingerprint density at radius 2 is 1.93 bits per heavy atom. The van der Waals surface area contributed by atoms with Crippen molar-refractivity contribution in [3.63, 3.8) is 0 Å². The van der Waals surface area contributed by atoms with Crippen LogP contribution in [0, 0.1) is 11.8 Å². The van der Waals surface area contributed by atoms with E-state index in [-0.39, 0.29) is 11.3 Å². The fourth-order valence-electron chi connectivity index (χ4n) is 2.86. The molecule has 0 aliphatic heterocycles. The van der Waals surface area contributed by atoms with E-state index < -0.39 is 5.97 Å². The Kier molecular flexibility index (Phi) is 1.70. The van der Waals surface area contributed by atoms with Crippen LogP contribution in [-0.2, 0) is 10.2 Å². The molecule has 2 aliphatic rings. The molecule has 1 N–H and O–H groups in total. The van der Waals surface area contributed by atoms with Crippen molar-refractivity contribution in [2.24, 2.45) is 11.8 Å². The van der Waals surface area contributed by atoms with Crippen molar-refractivity contribution in [2.45, 2.75) is 24.7 Å². The number of carbonyl (C=O) groups is 1. The van der Waals surface area contributed by atoms with Gasteiger partial charge < -0.3 is 5.11 Å². The topological polar surface area (TPSA) is 37.3 Å². The van der Waals surface area contributed by atoms with Gasteiger partial charge in [0.1, 0.15) is 0 Å². The van der Waals surface area contributed by atoms with Gasteiger partial charge in [0.25, 0.3) is 0 Å². The molecular formula is C13H14O2. The van der Waals surface area contributed by atoms with Gasteiger partial charge in [0.05, 0.1) is 5.92 Å². The maximum Gasteiger partial charge on any atom is 0.306 e. The van der Waals surface area contributed by atoms with E-state index in [1.165, 1.54) is 18.4 Å². The molecule has 0 saturated heterocycles. The lowest BCUT2D eigenvalue weighted by atomic mass is 9.89. The molecule has 1 aromatic rings. The standard InChI is InChI=1S/C13H14O2/c14-12(15)10-8-11(10)13(6-7-13)9-4-2-1-3-5-9/h1-5,10-11H,6-8H2,(H,14,15)/t10-,11-/m1/s1. The molecule has 0 radical (unpaired) electrons. The van der Waals surface area contributed by atoms with Crippen molar-refractivity contribution < 1.29 is 9.90 Å². The Morgan fingerprint density at radius 3 is 2.40 bits per heavy atom. The normalized spacial score (nSPS) is 30.9. The highest BCUT2D eigenvalue weighted by Gasteiger charge is 2.62. The molecule has 0 unspecified atom stereocenters. The second-order valence-electron chi connectivity index (χ2n) is 4.81. The van der Waals surface area contributed by atoms with E-state index >= 15 is 0 Å². The summed E-state index contributed by atoms with van der Waals surface area (Å²) in [5.74, 6) is -0.285. The summed E-state index contributed by atoms with van der Waals surface area (Å²) in [6, 6.07) is 10.4. The van der Waals surface area contributed by atoms with E-state index in [9.17, 15) is 4.79 Å². The van der Waals surface area contributed by atoms with Crippen LogP contribution in [-0.4, -0.2) is 11.1 Å². The van der Waals surface area contributed by atoms with Crippen LogP contribution in [0.1, 0.15) is 24.8 Å². The Balaban J connectivity index is 1.85. The lowest BCUT2D eigenvalue weighted by molar-refractivity contribution is -0.139. The van der Waals surface area contributed by atoms with Gasteiger partial charge in [-0.05, 0) is 36.2 Å². The van der Waals surface area contributed by atoms with Crippen molar-refractivity contribution in [1.82, 2.24) is 0 Å². The maximum absolute atomic E-state index is 10.9. The molecule has 0 heterocycles. The smallest absolute Gasteiger partial charge is 0.306 e. The van der Waals surface area contributed by atoms with Crippen molar-refractivity contribution in [3.8, 4) is 0 Å². The minimum Gasteiger partial charge on any atom is -0.481 e. The van der Waals surface area contributed by atoms with E-state index in [1.807, 2.05) is 18.2 Å². The van der Waals surface area contributed by atoms with E-state index in [2.05, 4.69) is 12.1 Å². The molecule has 2 heteroatoms. The number of carboxylic acid groups (broad SMARTS) is 1. The van der Waals surface area contributed by atoms with Gasteiger partial charge in [0.2, 0.25) is 0 Å². The van der Waals surface area contributed by atoms with Gasteiger partial charge in [0.15, 0.2) is 0 Å². The summed E-state index contributed by atoms with van der Waals surface area (Å²) in [6.45, 7) is 0. The zero-order valence-corrected chi connectivity index (χ0v) is 8.52. The highest BCUT2D eigenvalue weighted by molar-refractivity contribution is 5.74. The van der Waals surface area contributed by atoms with Gasteiger partial charge in [0, 0.05) is 0 Å². The number of carboxylic acids is 1. The quantitative estimate of drug-likeness (QED) is 0.817. The second kappa shape index (κ2) is 2.84. The second-order valence-corrected chi connectivity index (χ2v) is 4.81. The fraction of sp³-hybridized carbons (Fsp3) is 0.462. The minimum absolute atomic E-state index is 0.0762. The number of hydrogen-bond donors (Lipinski definition) is 1. The van der Waals surface area contributed by atoms with Crippen molar-refractivity contribution in [3.05, 3.63) is 35.9 Å². The van der Waals surface area contributed by atoms with E-state index in [4.69, 9.17) is 5.11 Å². The molecule has 2 aliphatic carbocycles. The SMILES string of the molecule is O=C(O)[C@@H]1C[C@H]1C1(c2ccccc2)CC1. The predicted octanol–water partition coefficient (Wildman–Crippen LogP) is 2.44. The zero-order valence-electron chi connectivity index (χ0n) is 8.52. The largest absolute Gasteiger partial charge is 0.481 e. The van der Waals surface area contributed by atoms with Crippen molar-refractivity contribution in [2.75, 3.05) is 0 Å². The molecule has 1 aromatic carbocycles. The van der Waals surface area contributed by atoms with Crippen molar-refractivity contribution in [1.29, 1.82) is 0 Å². The van der Waals surface area contributed by atoms with Crippen LogP contribution < -0.4 is 0 Å². The van der Waals surface area contributed by atoms with Crippen LogP contribution in [0.2, 0.25) is 0 Å². The van der Waals surface area contributed by atoms with E-state index in [0.29, 0.717) is 5.92 Å². The first kappa shape index (κ1) is 8.96. The average molecular weight is 202 g/mol. The van der Waals surface area contributed by atoms with Crippen LogP contribution in [0.5, 0.6) is 0 Å². The molecule has 78 valence electrons. The number of aliphatic carboxylic acids is 1. The first-order valence-electron chi connectivity index (χ1n) is 5.52. The highest BCUT2D eigenvalue weighted by atomic mass is 16.4. The number of rotatable bonds is 3. The first-order chi connectivity index (χ1) is 7.24. The number of benzene rings is 1. The molecule has 2 fully saturated rings. The van der Waals surface area contributed by atoms with Crippen LogP contribution >= 0.6 is 0 Å². The predicted molar refractivity (Wildman–Crippen MR) is 56.6 cm³/mol. The summed E-state index contributed by atoms with van der Waals surface area (Å²) >= 11 is 0. The van der Waals surface area contributed by atoms with Crippen molar-refractivity contribution >= 4 is 5.97 Å². The molecule has 2 saturated carbocycles. The lowest BCUT2D eigenvalue weighted by Crippen LogP contribution is -2.13. The summed E-state index contributed by atoms with van der Waals surface area (Å²) in [4.78, 5) is 10.9. The van der Waals surface area contributed by atoms with Crippen LogP contribution in [0.3, 0.4) is 0 Å². The average Bonchev–Trinajstić information content (AvgIpc) is 3.12. The highest BCUT2D eigenvalue weighted by Crippen LogP contribution is 2.64. The Hall–Kier alpha value is -1.31. The molecule has 0 aromatic heterocycles. The molecule has 15 heavy (non-hydrogen) atoms. The van der Waals surface area contributed by atoms with Gasteiger partial charge in [-0.2, -0.15) is 0 Å². The monoisotopic (exact) mass is 202 g/mol. The van der Waals surface area contributed by atoms with Crippen LogP contribution in [0.15, 0.2) is 30.3 Å². The summed E-state index contributed by atoms with van der Waals surface area (Å²) in [5.41, 5.74) is 1.57. The fourth-order valence-corrected chi connectivity index (χ4v) is 2.86. The van der Waals surface area contributed by atoms with Crippen LogP contribution in [0.4, 0.5) is 0 Å². The van der Waals surface area contributed by atoms with Gasteiger partial charge in [-0.1, -0.05) is 30.3 Å². The minimum atomic E-state index is -0.609. The first-order valence-corrected chi connectivity index (χ1v) is 5.52. The van der Waals surface area contributed by atoms with Gasteiger partial charge in [-0.15, -0.1) is 0 Å². The summed E-state index contributed by atoms with van der Waals surface area (Å²) in [6.07, 6.45) is 3.22. The molecule has 0 spiro atoms. The number of hydrogen-bond acceptors (Lipinski definition) is 1. The summed E-state index contributed by atoms with van der Waals surface area (Å²) in [5, 5.41) is 8.96. The van der Waals surface area contributed by atoms with E-state index in [1.54, 1.807) is 0 Å². The van der Waals surface area contributed by atoms with E-state index in [0.717, 1.165) is 6.42 Å². The Bertz CT molecular complexity index is 392. The molecule has 2 nitrogen and oxygen atoms in total. The third-order valence-electron chi connectivity index (χ3n) is 3.95. The summed E-state index contributed by atoms with van der Waals surface area (Å²) in [7, 11) is 0. The third kappa shape index (κ3) is 1.28. The lowest BCUT2D eigenvalue weighted by Gasteiger charge is -2.14. The molecular weight excluding hydrogens is 188 g/mol. The molecule has 2 atom stereocenters. The van der Waals surface area contributed by atoms with Gasteiger partial charge in [-0.25, -0.2) is 0 Å². The summed E-state index contributed by atoms with van der Waals surface area (Å²) < 4.78 is 0. The maximum atomic E-state index is 10.9. The Labute approximate surface area is 88.9 Å². The van der Waals surface area contributed by atoms with Gasteiger partial charge >= 0.3 is 5.97 Å². The van der Waals surface area contributed by atoms with Gasteiger partial charge in [-0.3, -0.25) is 4.79 Å². The zero-order chi connectivity index (χ0) is 10.5. The molecule has 0 bridgehead atoms. The van der Waals surface area contributed by atoms with Crippen LogP contribution in [0.25, 0.3) is 0 Å². The molecule has 3 rings (SSSR count). The third-order valence-corrected chi connectivity index (χ3v) is 3.95.